The van der Waals surface area contributed by atoms with Gasteiger partial charge < -0.3 is 10.1 Å². The van der Waals surface area contributed by atoms with E-state index in [1.54, 1.807) is 7.11 Å². The lowest BCUT2D eigenvalue weighted by molar-refractivity contribution is -0.119. The molecule has 0 spiro atoms. The summed E-state index contributed by atoms with van der Waals surface area (Å²) in [5, 5.41) is 2.87. The van der Waals surface area contributed by atoms with Gasteiger partial charge in [0.25, 0.3) is 0 Å². The number of amides is 1. The van der Waals surface area contributed by atoms with Gasteiger partial charge in [-0.1, -0.05) is 13.3 Å². The molecule has 1 saturated heterocycles. The van der Waals surface area contributed by atoms with E-state index in [0.717, 1.165) is 26.0 Å². The molecule has 2 atom stereocenters. The molecule has 14 heavy (non-hydrogen) atoms. The molecule has 1 aliphatic rings. The van der Waals surface area contributed by atoms with Gasteiger partial charge in [0.1, 0.15) is 0 Å². The number of carbonyl (C=O) groups excluding carboxylic acids is 1. The summed E-state index contributed by atoms with van der Waals surface area (Å²) >= 11 is 0. The Kier molecular flexibility index (Phi) is 4.94. The Morgan fingerprint density at radius 2 is 2.36 bits per heavy atom. The molecule has 0 radical (unpaired) electrons. The topological polar surface area (TPSA) is 38.3 Å². The van der Waals surface area contributed by atoms with E-state index >= 15 is 0 Å². The van der Waals surface area contributed by atoms with Crippen molar-refractivity contribution in [1.29, 1.82) is 0 Å². The second-order valence-corrected chi connectivity index (χ2v) is 4.34. The van der Waals surface area contributed by atoms with Crippen LogP contribution in [0.3, 0.4) is 0 Å². The molecule has 1 heterocycles. The highest BCUT2D eigenvalue weighted by atomic mass is 16.5. The maximum atomic E-state index is 10.9. The Morgan fingerprint density at radius 3 is 2.93 bits per heavy atom. The van der Waals surface area contributed by atoms with Crippen LogP contribution in [-0.4, -0.2) is 26.2 Å². The van der Waals surface area contributed by atoms with Gasteiger partial charge in [-0.25, -0.2) is 0 Å². The zero-order chi connectivity index (χ0) is 10.4. The van der Waals surface area contributed by atoms with E-state index in [9.17, 15) is 4.79 Å². The van der Waals surface area contributed by atoms with Gasteiger partial charge in [-0.3, -0.25) is 4.79 Å². The largest absolute Gasteiger partial charge is 0.385 e. The number of hydrogen-bond acceptors (Lipinski definition) is 2. The molecule has 0 aromatic heterocycles. The van der Waals surface area contributed by atoms with E-state index < -0.39 is 0 Å². The van der Waals surface area contributed by atoms with Crippen molar-refractivity contribution in [2.45, 2.75) is 32.6 Å². The highest BCUT2D eigenvalue weighted by Gasteiger charge is 2.21. The molecule has 0 aliphatic carbocycles. The van der Waals surface area contributed by atoms with Crippen LogP contribution < -0.4 is 5.32 Å². The first-order chi connectivity index (χ1) is 6.72. The minimum atomic E-state index is 0.222. The SMILES string of the molecule is COCCC(C)CCC1CNC(=O)C1. The Labute approximate surface area is 86.2 Å². The van der Waals surface area contributed by atoms with Gasteiger partial charge in [0.2, 0.25) is 5.91 Å². The van der Waals surface area contributed by atoms with E-state index in [1.807, 2.05) is 0 Å². The lowest BCUT2D eigenvalue weighted by atomic mass is 9.94. The van der Waals surface area contributed by atoms with Gasteiger partial charge in [0.15, 0.2) is 0 Å². The summed E-state index contributed by atoms with van der Waals surface area (Å²) in [7, 11) is 1.74. The van der Waals surface area contributed by atoms with E-state index in [0.29, 0.717) is 11.8 Å². The maximum Gasteiger partial charge on any atom is 0.220 e. The highest BCUT2D eigenvalue weighted by molar-refractivity contribution is 5.78. The quantitative estimate of drug-likeness (QED) is 0.705. The van der Waals surface area contributed by atoms with E-state index in [1.165, 1.54) is 12.8 Å². The van der Waals surface area contributed by atoms with Crippen molar-refractivity contribution in [3.05, 3.63) is 0 Å². The Hall–Kier alpha value is -0.570. The summed E-state index contributed by atoms with van der Waals surface area (Å²) in [6.45, 7) is 3.99. The fraction of sp³-hybridized carbons (Fsp3) is 0.909. The van der Waals surface area contributed by atoms with Crippen LogP contribution in [0.15, 0.2) is 0 Å². The van der Waals surface area contributed by atoms with Gasteiger partial charge in [0, 0.05) is 26.7 Å². The van der Waals surface area contributed by atoms with Gasteiger partial charge in [-0.15, -0.1) is 0 Å². The van der Waals surface area contributed by atoms with Crippen LogP contribution in [0.1, 0.15) is 32.6 Å². The summed E-state index contributed by atoms with van der Waals surface area (Å²) in [6, 6.07) is 0. The molecule has 82 valence electrons. The smallest absolute Gasteiger partial charge is 0.220 e. The molecule has 0 aromatic rings. The molecule has 3 heteroatoms. The van der Waals surface area contributed by atoms with Crippen molar-refractivity contribution in [1.82, 2.24) is 5.32 Å². The average Bonchev–Trinajstić information content (AvgIpc) is 2.58. The number of nitrogens with one attached hydrogen (secondary N) is 1. The van der Waals surface area contributed by atoms with Crippen LogP contribution in [0.4, 0.5) is 0 Å². The van der Waals surface area contributed by atoms with Crippen LogP contribution in [-0.2, 0) is 9.53 Å². The van der Waals surface area contributed by atoms with Crippen LogP contribution in [0.25, 0.3) is 0 Å². The maximum absolute atomic E-state index is 10.9. The molecular formula is C11H21NO2. The predicted octanol–water partition coefficient (Wildman–Crippen LogP) is 1.58. The van der Waals surface area contributed by atoms with Crippen LogP contribution in [0.5, 0.6) is 0 Å². The molecule has 1 aliphatic heterocycles. The van der Waals surface area contributed by atoms with Crippen molar-refractivity contribution >= 4 is 5.91 Å². The number of methoxy groups -OCH3 is 1. The Morgan fingerprint density at radius 1 is 1.57 bits per heavy atom. The van der Waals surface area contributed by atoms with Crippen molar-refractivity contribution < 1.29 is 9.53 Å². The zero-order valence-corrected chi connectivity index (χ0v) is 9.21. The third kappa shape index (κ3) is 4.09. The average molecular weight is 199 g/mol. The summed E-state index contributed by atoms with van der Waals surface area (Å²) in [5.41, 5.74) is 0. The molecule has 0 bridgehead atoms. The molecule has 1 amide bonds. The fourth-order valence-corrected chi connectivity index (χ4v) is 1.85. The lowest BCUT2D eigenvalue weighted by Crippen LogP contribution is -2.14. The van der Waals surface area contributed by atoms with Crippen molar-refractivity contribution in [2.75, 3.05) is 20.3 Å². The molecule has 3 nitrogen and oxygen atoms in total. The summed E-state index contributed by atoms with van der Waals surface area (Å²) < 4.78 is 5.03. The molecule has 2 unspecified atom stereocenters. The van der Waals surface area contributed by atoms with Gasteiger partial charge >= 0.3 is 0 Å². The first-order valence-electron chi connectivity index (χ1n) is 5.48. The minimum absolute atomic E-state index is 0.222. The van der Waals surface area contributed by atoms with Crippen LogP contribution in [0, 0.1) is 11.8 Å². The Balaban J connectivity index is 2.05. The second kappa shape index (κ2) is 6.02. The monoisotopic (exact) mass is 199 g/mol. The minimum Gasteiger partial charge on any atom is -0.385 e. The van der Waals surface area contributed by atoms with Crippen molar-refractivity contribution in [2.24, 2.45) is 11.8 Å². The van der Waals surface area contributed by atoms with E-state index in [4.69, 9.17) is 4.74 Å². The zero-order valence-electron chi connectivity index (χ0n) is 9.21. The second-order valence-electron chi connectivity index (χ2n) is 4.34. The summed E-state index contributed by atoms with van der Waals surface area (Å²) in [5.74, 6) is 1.51. The van der Waals surface area contributed by atoms with Crippen molar-refractivity contribution in [3.63, 3.8) is 0 Å². The van der Waals surface area contributed by atoms with E-state index in [2.05, 4.69) is 12.2 Å². The summed E-state index contributed by atoms with van der Waals surface area (Å²) in [4.78, 5) is 10.9. The molecule has 1 fully saturated rings. The van der Waals surface area contributed by atoms with Crippen LogP contribution in [0.2, 0.25) is 0 Å². The first kappa shape index (κ1) is 11.5. The number of carbonyl (C=O) groups is 1. The third-order valence-electron chi connectivity index (χ3n) is 2.94. The standard InChI is InChI=1S/C11H21NO2/c1-9(5-6-14-2)3-4-10-7-11(13)12-8-10/h9-10H,3-8H2,1-2H3,(H,12,13). The normalized spacial score (nSPS) is 23.6. The predicted molar refractivity (Wildman–Crippen MR) is 56.0 cm³/mol. The first-order valence-corrected chi connectivity index (χ1v) is 5.48. The van der Waals surface area contributed by atoms with Crippen molar-refractivity contribution in [3.8, 4) is 0 Å². The molecule has 1 rings (SSSR count). The lowest BCUT2D eigenvalue weighted by Gasteiger charge is -2.12. The fourth-order valence-electron chi connectivity index (χ4n) is 1.85. The Bertz CT molecular complexity index is 182. The molecule has 1 N–H and O–H groups in total. The molecule has 0 saturated carbocycles. The van der Waals surface area contributed by atoms with Gasteiger partial charge in [-0.05, 0) is 24.7 Å². The molecule has 0 aromatic carbocycles. The third-order valence-corrected chi connectivity index (χ3v) is 2.94. The molecular weight excluding hydrogens is 178 g/mol. The van der Waals surface area contributed by atoms with Gasteiger partial charge in [-0.2, -0.15) is 0 Å². The van der Waals surface area contributed by atoms with E-state index in [-0.39, 0.29) is 5.91 Å². The number of hydrogen-bond donors (Lipinski definition) is 1. The number of rotatable bonds is 6. The van der Waals surface area contributed by atoms with Gasteiger partial charge in [0.05, 0.1) is 0 Å². The highest BCUT2D eigenvalue weighted by Crippen LogP contribution is 2.20. The summed E-state index contributed by atoms with van der Waals surface area (Å²) in [6.07, 6.45) is 4.24. The van der Waals surface area contributed by atoms with Crippen LogP contribution >= 0.6 is 0 Å². The number of ether oxygens (including phenoxy) is 1.